The highest BCUT2D eigenvalue weighted by Crippen LogP contribution is 2.43. The summed E-state index contributed by atoms with van der Waals surface area (Å²) >= 11 is 0. The summed E-state index contributed by atoms with van der Waals surface area (Å²) in [6.07, 6.45) is 0. The van der Waals surface area contributed by atoms with Gasteiger partial charge in [0.05, 0.1) is 0 Å². The second-order valence-electron chi connectivity index (χ2n) is 9.22. The van der Waals surface area contributed by atoms with Crippen LogP contribution in [0.25, 0.3) is 75.4 Å². The molecule has 8 aromatic rings. The Morgan fingerprint density at radius 1 is 0.353 bits per heavy atom. The molecule has 0 radical (unpaired) electrons. The van der Waals surface area contributed by atoms with Crippen molar-refractivity contribution in [2.75, 3.05) is 0 Å². The summed E-state index contributed by atoms with van der Waals surface area (Å²) in [4.78, 5) is 26.0. The standard InChI is InChI=1S/C32H16O2/c33-28-16-26-21-9-3-7-17-8-4-10-23(29(17)21)30-22-12-11-20-13-18-5-1-2-6-19(18)14-24(20)25(22)15-27(31(26)30)32(28)34/h1-16H. The molecule has 0 aliphatic rings. The van der Waals surface area contributed by atoms with Crippen LogP contribution in [0.4, 0.5) is 0 Å². The zero-order valence-corrected chi connectivity index (χ0v) is 18.1. The van der Waals surface area contributed by atoms with Crippen molar-refractivity contribution in [1.82, 2.24) is 0 Å². The second-order valence-corrected chi connectivity index (χ2v) is 9.22. The Morgan fingerprint density at radius 2 is 1.03 bits per heavy atom. The number of hydrogen-bond donors (Lipinski definition) is 0. The minimum absolute atomic E-state index is 0.425. The van der Waals surface area contributed by atoms with Gasteiger partial charge in [0.25, 0.3) is 0 Å². The first-order chi connectivity index (χ1) is 16.7. The molecule has 2 heteroatoms. The molecule has 0 amide bonds. The SMILES string of the molecule is O=c1cc2c3cccc4cccc(c43)c3c4ccc5cc6ccccc6cc5c4cc(c1=O)c23. The van der Waals surface area contributed by atoms with E-state index < -0.39 is 10.9 Å². The topological polar surface area (TPSA) is 34.1 Å². The van der Waals surface area contributed by atoms with Gasteiger partial charge in [0.15, 0.2) is 0 Å². The van der Waals surface area contributed by atoms with E-state index in [9.17, 15) is 9.59 Å². The number of benzene rings is 8. The van der Waals surface area contributed by atoms with Crippen molar-refractivity contribution < 1.29 is 0 Å². The molecule has 2 nitrogen and oxygen atoms in total. The van der Waals surface area contributed by atoms with Crippen LogP contribution >= 0.6 is 0 Å². The average Bonchev–Trinajstić information content (AvgIpc) is 2.87. The van der Waals surface area contributed by atoms with E-state index in [-0.39, 0.29) is 0 Å². The van der Waals surface area contributed by atoms with Crippen molar-refractivity contribution in [2.45, 2.75) is 0 Å². The lowest BCUT2D eigenvalue weighted by Gasteiger charge is -2.17. The van der Waals surface area contributed by atoms with E-state index in [0.717, 1.165) is 64.6 Å². The Morgan fingerprint density at radius 3 is 1.85 bits per heavy atom. The first kappa shape index (κ1) is 17.9. The van der Waals surface area contributed by atoms with Crippen molar-refractivity contribution in [3.63, 3.8) is 0 Å². The molecule has 0 heterocycles. The zero-order valence-electron chi connectivity index (χ0n) is 18.1. The second kappa shape index (κ2) is 6.06. The van der Waals surface area contributed by atoms with Crippen LogP contribution in [-0.2, 0) is 0 Å². The van der Waals surface area contributed by atoms with E-state index in [4.69, 9.17) is 0 Å². The fraction of sp³-hybridized carbons (Fsp3) is 0. The predicted octanol–water partition coefficient (Wildman–Crippen LogP) is 7.36. The lowest BCUT2D eigenvalue weighted by Crippen LogP contribution is -2.22. The van der Waals surface area contributed by atoms with Gasteiger partial charge in [0, 0.05) is 10.8 Å². The third-order valence-corrected chi connectivity index (χ3v) is 7.48. The van der Waals surface area contributed by atoms with Crippen LogP contribution in [0.5, 0.6) is 0 Å². The van der Waals surface area contributed by atoms with Crippen LogP contribution < -0.4 is 10.9 Å². The maximum atomic E-state index is 13.2. The lowest BCUT2D eigenvalue weighted by molar-refractivity contribution is 1.57. The normalized spacial score (nSPS) is 12.4. The van der Waals surface area contributed by atoms with Gasteiger partial charge in [-0.25, -0.2) is 0 Å². The molecule has 34 heavy (non-hydrogen) atoms. The zero-order chi connectivity index (χ0) is 22.6. The predicted molar refractivity (Wildman–Crippen MR) is 144 cm³/mol. The Balaban J connectivity index is 1.77. The summed E-state index contributed by atoms with van der Waals surface area (Å²) < 4.78 is 0. The molecule has 0 saturated heterocycles. The molecule has 0 spiro atoms. The molecule has 8 rings (SSSR count). The van der Waals surface area contributed by atoms with Gasteiger partial charge in [-0.2, -0.15) is 0 Å². The maximum Gasteiger partial charge on any atom is 0.233 e. The quantitative estimate of drug-likeness (QED) is 0.143. The van der Waals surface area contributed by atoms with Gasteiger partial charge in [0.1, 0.15) is 0 Å². The van der Waals surface area contributed by atoms with Crippen molar-refractivity contribution in [2.24, 2.45) is 0 Å². The summed E-state index contributed by atoms with van der Waals surface area (Å²) in [5.41, 5.74) is -0.874. The van der Waals surface area contributed by atoms with Gasteiger partial charge in [0.2, 0.25) is 10.9 Å². The summed E-state index contributed by atoms with van der Waals surface area (Å²) in [5, 5.41) is 14.4. The van der Waals surface area contributed by atoms with E-state index in [1.807, 2.05) is 24.3 Å². The van der Waals surface area contributed by atoms with Crippen molar-refractivity contribution >= 4 is 75.4 Å². The van der Waals surface area contributed by atoms with E-state index in [2.05, 4.69) is 66.7 Å². The average molecular weight is 432 g/mol. The lowest BCUT2D eigenvalue weighted by atomic mass is 9.86. The number of fused-ring (bicyclic) bond motifs is 7. The van der Waals surface area contributed by atoms with Gasteiger partial charge in [-0.1, -0.05) is 72.8 Å². The van der Waals surface area contributed by atoms with Crippen LogP contribution in [0.15, 0.2) is 107 Å². The highest BCUT2D eigenvalue weighted by Gasteiger charge is 2.19. The first-order valence-corrected chi connectivity index (χ1v) is 11.4. The van der Waals surface area contributed by atoms with E-state index in [1.54, 1.807) is 6.07 Å². The Kier molecular flexibility index (Phi) is 3.20. The maximum absolute atomic E-state index is 13.2. The largest absolute Gasteiger partial charge is 0.286 e. The molecule has 0 unspecified atom stereocenters. The first-order valence-electron chi connectivity index (χ1n) is 11.4. The molecule has 0 aromatic heterocycles. The van der Waals surface area contributed by atoms with Gasteiger partial charge in [-0.3, -0.25) is 9.59 Å². The highest BCUT2D eigenvalue weighted by atomic mass is 16.2. The summed E-state index contributed by atoms with van der Waals surface area (Å²) in [6, 6.07) is 33.1. The van der Waals surface area contributed by atoms with Crippen LogP contribution in [-0.4, -0.2) is 0 Å². The van der Waals surface area contributed by atoms with Gasteiger partial charge in [-0.15, -0.1) is 0 Å². The monoisotopic (exact) mass is 432 g/mol. The van der Waals surface area contributed by atoms with Crippen LogP contribution in [0.1, 0.15) is 0 Å². The Hall–Kier alpha value is -4.56. The third kappa shape index (κ3) is 2.11. The molecule has 0 saturated carbocycles. The molecule has 8 aromatic carbocycles. The van der Waals surface area contributed by atoms with Crippen LogP contribution in [0.3, 0.4) is 0 Å². The number of rotatable bonds is 0. The molecular formula is C32H16O2. The molecule has 0 atom stereocenters. The number of hydrogen-bond acceptors (Lipinski definition) is 2. The van der Waals surface area contributed by atoms with Crippen molar-refractivity contribution in [3.8, 4) is 0 Å². The summed E-state index contributed by atoms with van der Waals surface area (Å²) in [6.45, 7) is 0. The van der Waals surface area contributed by atoms with E-state index in [0.29, 0.717) is 5.39 Å². The molecule has 0 aliphatic carbocycles. The summed E-state index contributed by atoms with van der Waals surface area (Å²) in [7, 11) is 0. The van der Waals surface area contributed by atoms with E-state index >= 15 is 0 Å². The van der Waals surface area contributed by atoms with Gasteiger partial charge in [-0.05, 0) is 88.9 Å². The minimum Gasteiger partial charge on any atom is -0.286 e. The Labute approximate surface area is 193 Å². The van der Waals surface area contributed by atoms with Crippen LogP contribution in [0.2, 0.25) is 0 Å². The fourth-order valence-electron chi connectivity index (χ4n) is 6.02. The van der Waals surface area contributed by atoms with Crippen LogP contribution in [0, 0.1) is 0 Å². The van der Waals surface area contributed by atoms with E-state index in [1.165, 1.54) is 5.39 Å². The Bertz CT molecular complexity index is 2260. The molecule has 156 valence electrons. The minimum atomic E-state index is -0.449. The molecular weight excluding hydrogens is 416 g/mol. The third-order valence-electron chi connectivity index (χ3n) is 7.48. The smallest absolute Gasteiger partial charge is 0.233 e. The fourth-order valence-corrected chi connectivity index (χ4v) is 6.02. The summed E-state index contributed by atoms with van der Waals surface area (Å²) in [5.74, 6) is 0. The van der Waals surface area contributed by atoms with Crippen molar-refractivity contribution in [3.05, 3.63) is 118 Å². The molecule has 0 N–H and O–H groups in total. The molecule has 0 fully saturated rings. The molecule has 0 aliphatic heterocycles. The highest BCUT2D eigenvalue weighted by molar-refractivity contribution is 6.39. The molecule has 0 bridgehead atoms. The van der Waals surface area contributed by atoms with Crippen molar-refractivity contribution in [1.29, 1.82) is 0 Å². The van der Waals surface area contributed by atoms with Gasteiger partial charge < -0.3 is 0 Å². The van der Waals surface area contributed by atoms with Gasteiger partial charge >= 0.3 is 0 Å².